The molecule has 0 heterocycles. The van der Waals surface area contributed by atoms with E-state index in [-0.39, 0.29) is 30.7 Å². The van der Waals surface area contributed by atoms with E-state index in [0.29, 0.717) is 17.1 Å². The molecule has 1 saturated carbocycles. The zero-order chi connectivity index (χ0) is 23.4. The second-order valence-electron chi connectivity index (χ2n) is 8.12. The molecule has 0 radical (unpaired) electrons. The summed E-state index contributed by atoms with van der Waals surface area (Å²) in [5, 5.41) is 8.37. The van der Waals surface area contributed by atoms with Gasteiger partial charge in [0.05, 0.1) is 12.7 Å². The first-order valence-electron chi connectivity index (χ1n) is 9.99. The number of hydrogen-bond acceptors (Lipinski definition) is 4. The SMILES string of the molecule is CC1(C)[C@H](COCO[C@H](C#N)c2cccc(Oc3ccccc3)c2)[C@@H]1/C=C(\Cl)C(F)(F)F. The van der Waals surface area contributed by atoms with Gasteiger partial charge >= 0.3 is 6.18 Å². The first-order chi connectivity index (χ1) is 15.1. The quantitative estimate of drug-likeness (QED) is 0.296. The van der Waals surface area contributed by atoms with Crippen molar-refractivity contribution in [2.75, 3.05) is 13.4 Å². The molecular weight excluding hydrogens is 443 g/mol. The maximum absolute atomic E-state index is 12.7. The molecule has 32 heavy (non-hydrogen) atoms. The average Bonchev–Trinajstić information content (AvgIpc) is 3.26. The summed E-state index contributed by atoms with van der Waals surface area (Å²) in [5.74, 6) is 0.776. The normalized spacial score (nSPS) is 21.0. The van der Waals surface area contributed by atoms with Gasteiger partial charge in [0.15, 0.2) is 6.10 Å². The summed E-state index contributed by atoms with van der Waals surface area (Å²) in [6, 6.07) is 18.3. The van der Waals surface area contributed by atoms with Gasteiger partial charge in [-0.05, 0) is 47.1 Å². The molecule has 2 aromatic carbocycles. The highest BCUT2D eigenvalue weighted by Gasteiger charge is 2.57. The molecule has 0 aliphatic heterocycles. The predicted molar refractivity (Wildman–Crippen MR) is 114 cm³/mol. The van der Waals surface area contributed by atoms with Gasteiger partial charge in [0.25, 0.3) is 0 Å². The van der Waals surface area contributed by atoms with Crippen LogP contribution in [0.25, 0.3) is 0 Å². The molecule has 0 bridgehead atoms. The van der Waals surface area contributed by atoms with Crippen LogP contribution >= 0.6 is 11.6 Å². The fourth-order valence-electron chi connectivity index (χ4n) is 3.55. The third-order valence-corrected chi connectivity index (χ3v) is 5.95. The summed E-state index contributed by atoms with van der Waals surface area (Å²) in [7, 11) is 0. The number of halogens is 4. The number of para-hydroxylation sites is 1. The van der Waals surface area contributed by atoms with Gasteiger partial charge in [-0.25, -0.2) is 0 Å². The van der Waals surface area contributed by atoms with Crippen LogP contribution in [0.15, 0.2) is 65.7 Å². The van der Waals surface area contributed by atoms with Crippen molar-refractivity contribution < 1.29 is 27.4 Å². The maximum Gasteiger partial charge on any atom is 0.426 e. The fraction of sp³-hybridized carbons (Fsp3) is 0.375. The summed E-state index contributed by atoms with van der Waals surface area (Å²) < 4.78 is 54.8. The lowest BCUT2D eigenvalue weighted by atomic mass is 10.1. The van der Waals surface area contributed by atoms with Crippen LogP contribution in [0.4, 0.5) is 13.2 Å². The number of hydrogen-bond donors (Lipinski definition) is 0. The van der Waals surface area contributed by atoms with Gasteiger partial charge in [-0.2, -0.15) is 18.4 Å². The second-order valence-corrected chi connectivity index (χ2v) is 8.53. The second kappa shape index (κ2) is 9.95. The molecule has 0 spiro atoms. The monoisotopic (exact) mass is 465 g/mol. The van der Waals surface area contributed by atoms with Crippen molar-refractivity contribution in [1.29, 1.82) is 5.26 Å². The lowest BCUT2D eigenvalue weighted by Crippen LogP contribution is -2.09. The Labute approximate surface area is 190 Å². The topological polar surface area (TPSA) is 51.5 Å². The van der Waals surface area contributed by atoms with Gasteiger partial charge in [0, 0.05) is 0 Å². The number of benzene rings is 2. The van der Waals surface area contributed by atoms with E-state index in [4.69, 9.17) is 25.8 Å². The van der Waals surface area contributed by atoms with E-state index in [0.717, 1.165) is 6.08 Å². The fourth-order valence-corrected chi connectivity index (χ4v) is 3.69. The number of alkyl halides is 3. The Morgan fingerprint density at radius 1 is 1.16 bits per heavy atom. The summed E-state index contributed by atoms with van der Waals surface area (Å²) in [4.78, 5) is 0. The van der Waals surface area contributed by atoms with E-state index in [2.05, 4.69) is 6.07 Å². The molecule has 170 valence electrons. The average molecular weight is 466 g/mol. The van der Waals surface area contributed by atoms with Crippen molar-refractivity contribution in [1.82, 2.24) is 0 Å². The Hall–Kier alpha value is -2.53. The summed E-state index contributed by atoms with van der Waals surface area (Å²) in [6.45, 7) is 3.75. The van der Waals surface area contributed by atoms with Crippen LogP contribution < -0.4 is 4.74 Å². The van der Waals surface area contributed by atoms with Gasteiger partial charge in [-0.3, -0.25) is 0 Å². The van der Waals surface area contributed by atoms with Crippen LogP contribution in [0.2, 0.25) is 0 Å². The third-order valence-electron chi connectivity index (χ3n) is 5.61. The van der Waals surface area contributed by atoms with Crippen LogP contribution in [0.1, 0.15) is 25.5 Å². The zero-order valence-electron chi connectivity index (χ0n) is 17.6. The molecule has 0 aromatic heterocycles. The van der Waals surface area contributed by atoms with Gasteiger partial charge in [-0.1, -0.05) is 61.9 Å². The van der Waals surface area contributed by atoms with Gasteiger partial charge in [-0.15, -0.1) is 0 Å². The Morgan fingerprint density at radius 2 is 1.84 bits per heavy atom. The highest BCUT2D eigenvalue weighted by molar-refractivity contribution is 6.30. The highest BCUT2D eigenvalue weighted by Crippen LogP contribution is 2.60. The largest absolute Gasteiger partial charge is 0.457 e. The van der Waals surface area contributed by atoms with Crippen LogP contribution in [0.5, 0.6) is 11.5 Å². The lowest BCUT2D eigenvalue weighted by Gasteiger charge is -2.13. The van der Waals surface area contributed by atoms with E-state index in [1.165, 1.54) is 0 Å². The number of allylic oxidation sites excluding steroid dienone is 2. The Morgan fingerprint density at radius 3 is 2.50 bits per heavy atom. The lowest BCUT2D eigenvalue weighted by molar-refractivity contribution is -0.0852. The molecule has 1 fully saturated rings. The highest BCUT2D eigenvalue weighted by atomic mass is 35.5. The number of rotatable bonds is 9. The minimum absolute atomic E-state index is 0.120. The zero-order valence-corrected chi connectivity index (χ0v) is 18.4. The molecule has 0 unspecified atom stereocenters. The predicted octanol–water partition coefficient (Wildman–Crippen LogP) is 6.99. The summed E-state index contributed by atoms with van der Waals surface area (Å²) in [5.41, 5.74) is 0.248. The van der Waals surface area contributed by atoms with Crippen molar-refractivity contribution in [2.45, 2.75) is 26.1 Å². The Kier molecular flexibility index (Phi) is 7.50. The van der Waals surface area contributed by atoms with Crippen LogP contribution in [-0.2, 0) is 9.47 Å². The molecule has 0 N–H and O–H groups in total. The van der Waals surface area contributed by atoms with Crippen molar-refractivity contribution >= 4 is 11.6 Å². The Balaban J connectivity index is 1.51. The van der Waals surface area contributed by atoms with Crippen molar-refractivity contribution in [3.63, 3.8) is 0 Å². The van der Waals surface area contributed by atoms with E-state index < -0.39 is 17.3 Å². The van der Waals surface area contributed by atoms with Gasteiger partial charge < -0.3 is 14.2 Å². The first-order valence-corrected chi connectivity index (χ1v) is 10.4. The molecule has 2 aromatic rings. The van der Waals surface area contributed by atoms with E-state index in [1.54, 1.807) is 24.3 Å². The summed E-state index contributed by atoms with van der Waals surface area (Å²) in [6.07, 6.45) is -4.38. The van der Waals surface area contributed by atoms with Gasteiger partial charge in [0.2, 0.25) is 0 Å². The molecule has 1 aliphatic carbocycles. The third kappa shape index (κ3) is 6.04. The first kappa shape index (κ1) is 24.1. The smallest absolute Gasteiger partial charge is 0.426 e. The van der Waals surface area contributed by atoms with E-state index in [1.807, 2.05) is 44.2 Å². The number of nitrogens with zero attached hydrogens (tertiary/aromatic N) is 1. The van der Waals surface area contributed by atoms with Crippen molar-refractivity contribution in [2.24, 2.45) is 17.3 Å². The molecule has 0 saturated heterocycles. The number of ether oxygens (including phenoxy) is 3. The van der Waals surface area contributed by atoms with E-state index >= 15 is 0 Å². The van der Waals surface area contributed by atoms with Gasteiger partial charge in [0.1, 0.15) is 23.3 Å². The summed E-state index contributed by atoms with van der Waals surface area (Å²) >= 11 is 5.36. The molecule has 3 rings (SSSR count). The maximum atomic E-state index is 12.7. The van der Waals surface area contributed by atoms with Crippen LogP contribution in [0.3, 0.4) is 0 Å². The molecule has 0 amide bonds. The van der Waals surface area contributed by atoms with Crippen molar-refractivity contribution in [3.8, 4) is 17.6 Å². The molecule has 1 aliphatic rings. The number of nitriles is 1. The van der Waals surface area contributed by atoms with Crippen molar-refractivity contribution in [3.05, 3.63) is 71.3 Å². The van der Waals surface area contributed by atoms with Crippen LogP contribution in [0, 0.1) is 28.6 Å². The minimum atomic E-state index is -4.55. The Bertz CT molecular complexity index is 986. The minimum Gasteiger partial charge on any atom is -0.457 e. The molecule has 4 nitrogen and oxygen atoms in total. The molecule has 3 atom stereocenters. The standard InChI is InChI=1S/C24H23ClF3NO3/c1-23(2)19(12-22(25)24(26,27)28)20(23)14-30-15-31-21(13-29)16-7-6-10-18(11-16)32-17-8-4-3-5-9-17/h3-12,19-21H,14-15H2,1-2H3/b22-12-/t19-,20+,21+/m0/s1. The van der Waals surface area contributed by atoms with Crippen LogP contribution in [-0.4, -0.2) is 19.6 Å². The van der Waals surface area contributed by atoms with E-state index in [9.17, 15) is 18.4 Å². The molecule has 8 heteroatoms. The molecular formula is C24H23ClF3NO3.